The average molecular weight is 360 g/mol. The van der Waals surface area contributed by atoms with Crippen LogP contribution >= 0.6 is 11.3 Å². The number of aryl methyl sites for hydroxylation is 1. The molecular weight excluding hydrogens is 336 g/mol. The second kappa shape index (κ2) is 9.32. The first-order valence-electron chi connectivity index (χ1n) is 8.58. The number of aromatic nitrogens is 1. The average Bonchev–Trinajstić information content (AvgIpc) is 3.08. The summed E-state index contributed by atoms with van der Waals surface area (Å²) in [6.45, 7) is 5.68. The number of hydrogen-bond acceptors (Lipinski definition) is 5. The normalized spacial score (nSPS) is 11.8. The van der Waals surface area contributed by atoms with Gasteiger partial charge in [-0.3, -0.25) is 14.9 Å². The summed E-state index contributed by atoms with van der Waals surface area (Å²) in [5.41, 5.74) is 3.09. The lowest BCUT2D eigenvalue weighted by Gasteiger charge is -2.12. The lowest BCUT2D eigenvalue weighted by Crippen LogP contribution is -2.29. The van der Waals surface area contributed by atoms with Gasteiger partial charge in [0, 0.05) is 17.4 Å². The third-order valence-corrected chi connectivity index (χ3v) is 4.56. The van der Waals surface area contributed by atoms with E-state index in [0.29, 0.717) is 11.6 Å². The Bertz CT molecular complexity index is 710. The van der Waals surface area contributed by atoms with Crippen LogP contribution in [0.3, 0.4) is 0 Å². The Balaban J connectivity index is 1.93. The molecule has 1 aromatic heterocycles. The van der Waals surface area contributed by atoms with Gasteiger partial charge in [-0.1, -0.05) is 44.5 Å². The Morgan fingerprint density at radius 1 is 1.24 bits per heavy atom. The summed E-state index contributed by atoms with van der Waals surface area (Å²) in [4.78, 5) is 28.2. The van der Waals surface area contributed by atoms with E-state index >= 15 is 0 Å². The van der Waals surface area contributed by atoms with Gasteiger partial charge in [-0.25, -0.2) is 4.98 Å². The number of amides is 1. The van der Waals surface area contributed by atoms with Crippen LogP contribution in [0.5, 0.6) is 0 Å². The molecule has 1 heterocycles. The largest absolute Gasteiger partial charge is 0.453 e. The lowest BCUT2D eigenvalue weighted by molar-refractivity contribution is -0.153. The number of unbranched alkanes of at least 4 members (excludes halogenated alkanes) is 1. The predicted octanol–water partition coefficient (Wildman–Crippen LogP) is 4.43. The van der Waals surface area contributed by atoms with Gasteiger partial charge in [0.05, 0.1) is 5.69 Å². The van der Waals surface area contributed by atoms with Crippen LogP contribution in [0, 0.1) is 0 Å². The van der Waals surface area contributed by atoms with E-state index in [-0.39, 0.29) is 11.9 Å². The number of thiazole rings is 1. The third-order valence-electron chi connectivity index (χ3n) is 3.80. The number of rotatable bonds is 8. The number of carbonyl (C=O) groups excluding carboxylic acids is 2. The monoisotopic (exact) mass is 360 g/mol. The molecular formula is C19H24N2O3S. The molecule has 0 spiro atoms. The lowest BCUT2D eigenvalue weighted by atomic mass is 10.1. The van der Waals surface area contributed by atoms with Gasteiger partial charge in [-0.2, -0.15) is 0 Å². The number of nitrogens with zero attached hydrogens (tertiary/aromatic N) is 1. The SMILES string of the molecule is CCCCC(=O)O[C@H](C)C(=O)Nc1nc(-c2ccc(CC)cc2)cs1. The van der Waals surface area contributed by atoms with Crippen LogP contribution in [0.2, 0.25) is 0 Å². The van der Waals surface area contributed by atoms with E-state index in [0.717, 1.165) is 30.5 Å². The Morgan fingerprint density at radius 3 is 2.60 bits per heavy atom. The Kier molecular flexibility index (Phi) is 7.13. The maximum Gasteiger partial charge on any atom is 0.306 e. The van der Waals surface area contributed by atoms with E-state index < -0.39 is 6.10 Å². The molecule has 134 valence electrons. The van der Waals surface area contributed by atoms with Crippen LogP contribution < -0.4 is 5.32 Å². The topological polar surface area (TPSA) is 68.3 Å². The first-order valence-corrected chi connectivity index (χ1v) is 9.46. The summed E-state index contributed by atoms with van der Waals surface area (Å²) < 4.78 is 5.13. The van der Waals surface area contributed by atoms with Crippen LogP contribution in [-0.2, 0) is 20.7 Å². The standard InChI is InChI=1S/C19H24N2O3S/c1-4-6-7-17(22)24-13(3)18(23)21-19-20-16(12-25-19)15-10-8-14(5-2)9-11-15/h8-13H,4-7H2,1-3H3,(H,20,21,23)/t13-/m1/s1. The number of esters is 1. The van der Waals surface area contributed by atoms with Gasteiger partial charge in [0.15, 0.2) is 11.2 Å². The first-order chi connectivity index (χ1) is 12.0. The molecule has 5 nitrogen and oxygen atoms in total. The maximum absolute atomic E-state index is 12.1. The van der Waals surface area contributed by atoms with Gasteiger partial charge in [-0.15, -0.1) is 11.3 Å². The minimum absolute atomic E-state index is 0.337. The van der Waals surface area contributed by atoms with Crippen molar-refractivity contribution in [3.8, 4) is 11.3 Å². The molecule has 0 aliphatic carbocycles. The fourth-order valence-electron chi connectivity index (χ4n) is 2.21. The summed E-state index contributed by atoms with van der Waals surface area (Å²) in [6, 6.07) is 8.20. The number of ether oxygens (including phenoxy) is 1. The van der Waals surface area contributed by atoms with E-state index in [1.54, 1.807) is 6.92 Å². The Labute approximate surface area is 152 Å². The molecule has 0 aliphatic rings. The molecule has 1 amide bonds. The zero-order chi connectivity index (χ0) is 18.2. The highest BCUT2D eigenvalue weighted by molar-refractivity contribution is 7.14. The summed E-state index contributed by atoms with van der Waals surface area (Å²) in [5, 5.41) is 5.10. The molecule has 0 aliphatic heterocycles. The van der Waals surface area contributed by atoms with Crippen LogP contribution in [0.1, 0.15) is 45.6 Å². The third kappa shape index (κ3) is 5.67. The highest BCUT2D eigenvalue weighted by Crippen LogP contribution is 2.25. The molecule has 2 rings (SSSR count). The van der Waals surface area contributed by atoms with Crippen LogP contribution in [0.4, 0.5) is 5.13 Å². The molecule has 0 saturated heterocycles. The zero-order valence-corrected chi connectivity index (χ0v) is 15.7. The highest BCUT2D eigenvalue weighted by atomic mass is 32.1. The molecule has 0 bridgehead atoms. The van der Waals surface area contributed by atoms with Crippen molar-refractivity contribution in [2.75, 3.05) is 5.32 Å². The number of anilines is 1. The van der Waals surface area contributed by atoms with Crippen molar-refractivity contribution in [3.05, 3.63) is 35.2 Å². The van der Waals surface area contributed by atoms with Gasteiger partial charge in [0.1, 0.15) is 0 Å². The first kappa shape index (κ1) is 19.1. The number of carbonyl (C=O) groups is 2. The van der Waals surface area contributed by atoms with Gasteiger partial charge in [-0.05, 0) is 25.3 Å². The van der Waals surface area contributed by atoms with Crippen molar-refractivity contribution in [2.45, 2.75) is 52.6 Å². The highest BCUT2D eigenvalue weighted by Gasteiger charge is 2.19. The van der Waals surface area contributed by atoms with E-state index in [2.05, 4.69) is 29.4 Å². The van der Waals surface area contributed by atoms with E-state index in [1.165, 1.54) is 16.9 Å². The number of nitrogens with one attached hydrogen (secondary N) is 1. The predicted molar refractivity (Wildman–Crippen MR) is 101 cm³/mol. The molecule has 0 radical (unpaired) electrons. The maximum atomic E-state index is 12.1. The molecule has 0 fully saturated rings. The summed E-state index contributed by atoms with van der Waals surface area (Å²) in [5.74, 6) is -0.715. The summed E-state index contributed by atoms with van der Waals surface area (Å²) in [6.07, 6.45) is 2.17. The quantitative estimate of drug-likeness (QED) is 0.707. The minimum atomic E-state index is -0.833. The van der Waals surface area contributed by atoms with Gasteiger partial charge < -0.3 is 4.74 Å². The molecule has 1 aromatic carbocycles. The van der Waals surface area contributed by atoms with Crippen LogP contribution in [0.15, 0.2) is 29.6 Å². The summed E-state index contributed by atoms with van der Waals surface area (Å²) in [7, 11) is 0. The minimum Gasteiger partial charge on any atom is -0.453 e. The van der Waals surface area contributed by atoms with Crippen molar-refractivity contribution in [1.29, 1.82) is 0 Å². The molecule has 1 N–H and O–H groups in total. The van der Waals surface area contributed by atoms with Gasteiger partial charge in [0.2, 0.25) is 0 Å². The number of hydrogen-bond donors (Lipinski definition) is 1. The van der Waals surface area contributed by atoms with E-state index in [9.17, 15) is 9.59 Å². The van der Waals surface area contributed by atoms with Crippen molar-refractivity contribution in [2.24, 2.45) is 0 Å². The fourth-order valence-corrected chi connectivity index (χ4v) is 2.94. The van der Waals surface area contributed by atoms with Gasteiger partial charge in [0.25, 0.3) is 5.91 Å². The molecule has 6 heteroatoms. The Hall–Kier alpha value is -2.21. The fraction of sp³-hybridized carbons (Fsp3) is 0.421. The van der Waals surface area contributed by atoms with Crippen molar-refractivity contribution < 1.29 is 14.3 Å². The van der Waals surface area contributed by atoms with Crippen LogP contribution in [-0.4, -0.2) is 23.0 Å². The van der Waals surface area contributed by atoms with E-state index in [1.807, 2.05) is 24.4 Å². The molecule has 1 atom stereocenters. The molecule has 0 unspecified atom stereocenters. The number of benzene rings is 1. The molecule has 25 heavy (non-hydrogen) atoms. The van der Waals surface area contributed by atoms with Crippen LogP contribution in [0.25, 0.3) is 11.3 Å². The second-order valence-corrected chi connectivity index (χ2v) is 6.67. The van der Waals surface area contributed by atoms with Crippen molar-refractivity contribution in [1.82, 2.24) is 4.98 Å². The Morgan fingerprint density at radius 2 is 1.96 bits per heavy atom. The van der Waals surface area contributed by atoms with E-state index in [4.69, 9.17) is 4.74 Å². The summed E-state index contributed by atoms with van der Waals surface area (Å²) >= 11 is 1.35. The molecule has 0 saturated carbocycles. The van der Waals surface area contributed by atoms with Gasteiger partial charge >= 0.3 is 5.97 Å². The second-order valence-electron chi connectivity index (χ2n) is 5.81. The molecule has 2 aromatic rings. The smallest absolute Gasteiger partial charge is 0.306 e. The zero-order valence-electron chi connectivity index (χ0n) is 14.9. The van der Waals surface area contributed by atoms with Crippen molar-refractivity contribution in [3.63, 3.8) is 0 Å². The van der Waals surface area contributed by atoms with Crippen molar-refractivity contribution >= 4 is 28.3 Å².